The highest BCUT2D eigenvalue weighted by Gasteiger charge is 2.20. The maximum Gasteiger partial charge on any atom is 0.327 e. The van der Waals surface area contributed by atoms with Crippen molar-refractivity contribution in [2.45, 2.75) is 19.4 Å². The van der Waals surface area contributed by atoms with Crippen LogP contribution in [0.5, 0.6) is 0 Å². The Morgan fingerprint density at radius 1 is 1.00 bits per heavy atom. The first-order valence-electron chi connectivity index (χ1n) is 5.96. The number of nitrogens with two attached hydrogens (primary N) is 1. The first-order chi connectivity index (χ1) is 9.78. The molecule has 8 nitrogen and oxygen atoms in total. The lowest BCUT2D eigenvalue weighted by molar-refractivity contribution is 0.0697. The Hall–Kier alpha value is -0.410. The zero-order chi connectivity index (χ0) is 17.7. The van der Waals surface area contributed by atoms with E-state index in [9.17, 15) is 0 Å². The average Bonchev–Trinajstić information content (AvgIpc) is 2.46. The number of aliphatic hydroxyl groups is 4. The van der Waals surface area contributed by atoms with Crippen molar-refractivity contribution in [1.29, 1.82) is 0 Å². The van der Waals surface area contributed by atoms with Crippen molar-refractivity contribution >= 4 is 8.60 Å². The monoisotopic (exact) mass is 331 g/mol. The lowest BCUT2D eigenvalue weighted by Gasteiger charge is -2.20. The molecule has 0 fully saturated rings. The third-order valence-corrected chi connectivity index (χ3v) is 1.66. The molecular weight excluding hydrogens is 301 g/mol. The van der Waals surface area contributed by atoms with Crippen LogP contribution in [0.4, 0.5) is 0 Å². The number of hydrogen-bond acceptors (Lipinski definition) is 8. The van der Waals surface area contributed by atoms with Gasteiger partial charge in [-0.3, -0.25) is 0 Å². The summed E-state index contributed by atoms with van der Waals surface area (Å²) in [6, 6.07) is 0. The molecule has 9 heteroatoms. The summed E-state index contributed by atoms with van der Waals surface area (Å²) in [5, 5.41) is 33.0. The molecule has 0 aliphatic rings. The maximum absolute atomic E-state index is 8.34. The van der Waals surface area contributed by atoms with Gasteiger partial charge in [0, 0.05) is 0 Å². The summed E-state index contributed by atoms with van der Waals surface area (Å²) in [7, 11) is -2.27. The van der Waals surface area contributed by atoms with Crippen LogP contribution in [0.25, 0.3) is 0 Å². The van der Waals surface area contributed by atoms with Gasteiger partial charge in [0.25, 0.3) is 0 Å². The molecule has 0 aromatic heterocycles. The summed E-state index contributed by atoms with van der Waals surface area (Å²) in [6.07, 6.45) is 3.50. The molecule has 0 unspecified atom stereocenters. The van der Waals surface area contributed by atoms with Crippen LogP contribution in [0.2, 0.25) is 0 Å². The molecule has 0 saturated carbocycles. The average molecular weight is 331 g/mol. The minimum Gasteiger partial charge on any atom is -0.394 e. The smallest absolute Gasteiger partial charge is 0.327 e. The molecule has 0 aromatic rings. The van der Waals surface area contributed by atoms with Crippen molar-refractivity contribution in [3.63, 3.8) is 0 Å². The fourth-order valence-corrected chi connectivity index (χ4v) is 0.517. The van der Waals surface area contributed by atoms with E-state index in [0.29, 0.717) is 0 Å². The molecule has 0 rings (SSSR count). The van der Waals surface area contributed by atoms with Crippen molar-refractivity contribution < 1.29 is 34.7 Å². The lowest BCUT2D eigenvalue weighted by Crippen LogP contribution is -2.50. The van der Waals surface area contributed by atoms with Gasteiger partial charge in [-0.1, -0.05) is 12.2 Å². The number of rotatable bonds is 6. The molecule has 0 aliphatic carbocycles. The van der Waals surface area contributed by atoms with Crippen molar-refractivity contribution in [2.24, 2.45) is 5.73 Å². The zero-order valence-electron chi connectivity index (χ0n) is 12.7. The van der Waals surface area contributed by atoms with E-state index in [0.717, 1.165) is 0 Å². The van der Waals surface area contributed by atoms with Gasteiger partial charge in [-0.05, 0) is 13.8 Å². The third kappa shape index (κ3) is 38.2. The van der Waals surface area contributed by atoms with Gasteiger partial charge in [-0.2, -0.15) is 0 Å². The Morgan fingerprint density at radius 2 is 1.29 bits per heavy atom. The second-order valence-electron chi connectivity index (χ2n) is 3.46. The molecule has 0 spiro atoms. The van der Waals surface area contributed by atoms with E-state index >= 15 is 0 Å². The molecule has 0 amide bonds. The normalized spacial score (nSPS) is 9.24. The number of hydrogen-bond donors (Lipinski definition) is 7. The first kappa shape index (κ1) is 28.7. The Bertz CT molecular complexity index is 188. The quantitative estimate of drug-likeness (QED) is 0.247. The highest BCUT2D eigenvalue weighted by molar-refractivity contribution is 7.39. The molecule has 0 saturated heterocycles. The maximum atomic E-state index is 8.34. The van der Waals surface area contributed by atoms with E-state index in [1.165, 1.54) is 0 Å². The molecule has 0 radical (unpaired) electrons. The van der Waals surface area contributed by atoms with Crippen molar-refractivity contribution in [3.05, 3.63) is 25.3 Å². The lowest BCUT2D eigenvalue weighted by atomic mass is 10.1. The van der Waals surface area contributed by atoms with Gasteiger partial charge in [0.2, 0.25) is 0 Å². The van der Waals surface area contributed by atoms with E-state index in [2.05, 4.69) is 17.7 Å². The second-order valence-corrected chi connectivity index (χ2v) is 4.23. The molecule has 0 atom stereocenters. The molecule has 0 bridgehead atoms. The third-order valence-electron chi connectivity index (χ3n) is 1.24. The Labute approximate surface area is 127 Å². The van der Waals surface area contributed by atoms with Gasteiger partial charge in [-0.15, -0.1) is 13.2 Å². The van der Waals surface area contributed by atoms with E-state index in [4.69, 9.17) is 35.9 Å². The summed E-state index contributed by atoms with van der Waals surface area (Å²) in [5.41, 5.74) is 3.94. The summed E-state index contributed by atoms with van der Waals surface area (Å²) < 4.78 is 4.12. The van der Waals surface area contributed by atoms with Crippen molar-refractivity contribution in [1.82, 2.24) is 0 Å². The fourth-order valence-electron chi connectivity index (χ4n) is 0.272. The van der Waals surface area contributed by atoms with Crippen LogP contribution in [0.15, 0.2) is 25.3 Å². The van der Waals surface area contributed by atoms with Crippen LogP contribution in [-0.2, 0) is 4.52 Å². The highest BCUT2D eigenvalue weighted by Crippen LogP contribution is 2.22. The predicted octanol–water partition coefficient (Wildman–Crippen LogP) is -0.748. The van der Waals surface area contributed by atoms with Crippen molar-refractivity contribution in [2.75, 3.05) is 33.0 Å². The van der Waals surface area contributed by atoms with Crippen LogP contribution >= 0.6 is 8.60 Å². The Kier molecular flexibility index (Phi) is 33.6. The summed E-state index contributed by atoms with van der Waals surface area (Å²) in [5.74, 6) is 0. The predicted molar refractivity (Wildman–Crippen MR) is 84.3 cm³/mol. The van der Waals surface area contributed by atoms with Gasteiger partial charge >= 0.3 is 8.60 Å². The number of aliphatic hydroxyl groups excluding tert-OH is 4. The summed E-state index contributed by atoms with van der Waals surface area (Å²) >= 11 is 0. The van der Waals surface area contributed by atoms with E-state index in [-0.39, 0.29) is 13.2 Å². The molecule has 130 valence electrons. The molecule has 0 heterocycles. The van der Waals surface area contributed by atoms with Crippen LogP contribution in [0.1, 0.15) is 13.8 Å². The van der Waals surface area contributed by atoms with Crippen LogP contribution in [0.3, 0.4) is 0 Å². The van der Waals surface area contributed by atoms with E-state index in [1.807, 2.05) is 13.8 Å². The Morgan fingerprint density at radius 3 is 1.33 bits per heavy atom. The Balaban J connectivity index is -0.000000101. The van der Waals surface area contributed by atoms with Gasteiger partial charge in [0.1, 0.15) is 0 Å². The summed E-state index contributed by atoms with van der Waals surface area (Å²) in [6.45, 7) is 9.10. The van der Waals surface area contributed by atoms with Gasteiger partial charge in [-0.25, -0.2) is 0 Å². The van der Waals surface area contributed by atoms with Crippen LogP contribution < -0.4 is 5.73 Å². The highest BCUT2D eigenvalue weighted by atomic mass is 31.2. The summed E-state index contributed by atoms with van der Waals surface area (Å²) in [4.78, 5) is 15.9. The van der Waals surface area contributed by atoms with Crippen LogP contribution in [0, 0.1) is 0 Å². The molecule has 21 heavy (non-hydrogen) atoms. The van der Waals surface area contributed by atoms with Gasteiger partial charge in [0.05, 0.1) is 38.6 Å². The van der Waals surface area contributed by atoms with Crippen LogP contribution in [-0.4, -0.2) is 68.8 Å². The van der Waals surface area contributed by atoms with Gasteiger partial charge < -0.3 is 40.5 Å². The number of allylic oxidation sites excluding steroid dienone is 2. The van der Waals surface area contributed by atoms with E-state index < -0.39 is 34.0 Å². The molecule has 8 N–H and O–H groups in total. The first-order valence-corrected chi connectivity index (χ1v) is 7.12. The minimum absolute atomic E-state index is 0.0152. The molecule has 0 aromatic carbocycles. The topological polar surface area (TPSA) is 157 Å². The minimum atomic E-state index is -2.27. The standard InChI is InChI=1S/C4H11NO3.2C3H6.C2H7O4P/c5-4(1-6,2-7)3-8;2*1-3-2;3-1-2-6-7(4)5/h6-8H,1-3,5H2;2*3H,1H2,2H3;3-5H,1-2H2. The largest absolute Gasteiger partial charge is 0.394 e. The van der Waals surface area contributed by atoms with E-state index in [1.54, 1.807) is 12.2 Å². The molecule has 0 aliphatic heterocycles. The SMILES string of the molecule is C=CC.C=CC.NC(CO)(CO)CO.OCCOP(O)O. The van der Waals surface area contributed by atoms with Crippen molar-refractivity contribution in [3.8, 4) is 0 Å². The zero-order valence-corrected chi connectivity index (χ0v) is 13.6. The van der Waals surface area contributed by atoms with Gasteiger partial charge in [0.15, 0.2) is 0 Å². The fraction of sp³-hybridized carbons (Fsp3) is 0.667. The second kappa shape index (κ2) is 24.6. The molecular formula is C12H30NO7P.